The summed E-state index contributed by atoms with van der Waals surface area (Å²) in [4.78, 5) is 11.9. The second-order valence-electron chi connectivity index (χ2n) is 5.43. The molecule has 0 bridgehead atoms. The van der Waals surface area contributed by atoms with Crippen LogP contribution >= 0.6 is 0 Å². The predicted octanol–water partition coefficient (Wildman–Crippen LogP) is 1.20. The number of aryl methyl sites for hydroxylation is 1. The molecular weight excluding hydrogens is 358 g/mol. The smallest absolute Gasteiger partial charge is 0.264 e. The van der Waals surface area contributed by atoms with E-state index in [4.69, 9.17) is 15.3 Å². The lowest BCUT2D eigenvalue weighted by molar-refractivity contribution is -0.119. The summed E-state index contributed by atoms with van der Waals surface area (Å²) < 4.78 is 37.5. The van der Waals surface area contributed by atoms with Crippen LogP contribution in [0.1, 0.15) is 5.56 Å². The number of nitrogens with two attached hydrogens (primary N) is 1. The van der Waals surface area contributed by atoms with Gasteiger partial charge in [-0.2, -0.15) is 0 Å². The Kier molecular flexibility index (Phi) is 6.06. The zero-order chi connectivity index (χ0) is 19.3. The third-order valence-electron chi connectivity index (χ3n) is 3.71. The number of benzene rings is 2. The van der Waals surface area contributed by atoms with E-state index >= 15 is 0 Å². The summed E-state index contributed by atoms with van der Waals surface area (Å²) in [6, 6.07) is 10.9. The number of hydrazine groups is 1. The van der Waals surface area contributed by atoms with E-state index < -0.39 is 22.5 Å². The molecule has 2 aromatic carbocycles. The van der Waals surface area contributed by atoms with Crippen molar-refractivity contribution < 1.29 is 22.7 Å². The van der Waals surface area contributed by atoms with Crippen LogP contribution in [0.25, 0.3) is 0 Å². The van der Waals surface area contributed by atoms with Gasteiger partial charge in [0.1, 0.15) is 6.54 Å². The van der Waals surface area contributed by atoms with Gasteiger partial charge in [0.2, 0.25) is 0 Å². The maximum atomic E-state index is 13.1. The van der Waals surface area contributed by atoms with Crippen molar-refractivity contribution in [1.82, 2.24) is 5.43 Å². The number of rotatable bonds is 7. The quantitative estimate of drug-likeness (QED) is 0.425. The average Bonchev–Trinajstić information content (AvgIpc) is 2.65. The highest BCUT2D eigenvalue weighted by Crippen LogP contribution is 2.33. The fourth-order valence-corrected chi connectivity index (χ4v) is 3.72. The van der Waals surface area contributed by atoms with Gasteiger partial charge in [-0.15, -0.1) is 0 Å². The highest BCUT2D eigenvalue weighted by molar-refractivity contribution is 7.92. The molecule has 140 valence electrons. The van der Waals surface area contributed by atoms with Crippen molar-refractivity contribution in [3.05, 3.63) is 48.0 Å². The van der Waals surface area contributed by atoms with Crippen LogP contribution in [0, 0.1) is 6.92 Å². The van der Waals surface area contributed by atoms with E-state index in [9.17, 15) is 13.2 Å². The first-order chi connectivity index (χ1) is 12.3. The molecule has 2 rings (SSSR count). The van der Waals surface area contributed by atoms with E-state index in [-0.39, 0.29) is 10.6 Å². The Labute approximate surface area is 152 Å². The number of anilines is 1. The zero-order valence-corrected chi connectivity index (χ0v) is 15.5. The Morgan fingerprint density at radius 3 is 2.23 bits per heavy atom. The highest BCUT2D eigenvalue weighted by Gasteiger charge is 2.27. The molecule has 0 aliphatic heterocycles. The van der Waals surface area contributed by atoms with Crippen LogP contribution < -0.4 is 25.0 Å². The number of amides is 1. The number of nitrogens with one attached hydrogen (secondary N) is 1. The van der Waals surface area contributed by atoms with Crippen LogP contribution in [-0.4, -0.2) is 35.1 Å². The molecule has 0 aliphatic rings. The molecule has 0 fully saturated rings. The van der Waals surface area contributed by atoms with Gasteiger partial charge in [-0.1, -0.05) is 17.7 Å². The molecule has 0 saturated heterocycles. The van der Waals surface area contributed by atoms with E-state index in [2.05, 4.69) is 0 Å². The lowest BCUT2D eigenvalue weighted by atomic mass is 10.2. The highest BCUT2D eigenvalue weighted by atomic mass is 32.2. The number of carbonyl (C=O) groups excluding carboxylic acids is 1. The molecule has 0 radical (unpaired) electrons. The van der Waals surface area contributed by atoms with Gasteiger partial charge in [0.25, 0.3) is 15.9 Å². The van der Waals surface area contributed by atoms with Crippen LogP contribution in [0.2, 0.25) is 0 Å². The molecule has 0 unspecified atom stereocenters. The summed E-state index contributed by atoms with van der Waals surface area (Å²) in [5.41, 5.74) is 3.11. The van der Waals surface area contributed by atoms with Crippen LogP contribution in [0.4, 0.5) is 5.69 Å². The molecule has 3 N–H and O–H groups in total. The van der Waals surface area contributed by atoms with Crippen molar-refractivity contribution in [3.8, 4) is 11.5 Å². The van der Waals surface area contributed by atoms with E-state index in [1.54, 1.807) is 18.2 Å². The number of methoxy groups -OCH3 is 2. The van der Waals surface area contributed by atoms with Gasteiger partial charge in [-0.25, -0.2) is 14.3 Å². The molecule has 0 spiro atoms. The van der Waals surface area contributed by atoms with Crippen molar-refractivity contribution in [1.29, 1.82) is 0 Å². The van der Waals surface area contributed by atoms with Crippen LogP contribution in [0.15, 0.2) is 47.4 Å². The minimum Gasteiger partial charge on any atom is -0.493 e. The molecule has 0 saturated carbocycles. The van der Waals surface area contributed by atoms with Crippen LogP contribution in [0.3, 0.4) is 0 Å². The molecule has 0 aliphatic carbocycles. The number of ether oxygens (including phenoxy) is 2. The van der Waals surface area contributed by atoms with E-state index in [1.165, 1.54) is 38.5 Å². The van der Waals surface area contributed by atoms with E-state index in [0.717, 1.165) is 9.87 Å². The van der Waals surface area contributed by atoms with Gasteiger partial charge in [0.05, 0.1) is 24.8 Å². The lowest BCUT2D eigenvalue weighted by Crippen LogP contribution is -2.43. The largest absolute Gasteiger partial charge is 0.493 e. The SMILES string of the molecule is COc1ccc(N(CC(=O)NN)S(=O)(=O)c2ccc(C)cc2)cc1OC. The van der Waals surface area contributed by atoms with Crippen molar-refractivity contribution in [3.63, 3.8) is 0 Å². The second kappa shape index (κ2) is 8.07. The fourth-order valence-electron chi connectivity index (χ4n) is 2.31. The Balaban J connectivity index is 2.56. The molecule has 0 heterocycles. The molecule has 0 atom stereocenters. The Morgan fingerprint density at radius 1 is 1.08 bits per heavy atom. The maximum absolute atomic E-state index is 13.1. The van der Waals surface area contributed by atoms with Gasteiger partial charge in [0.15, 0.2) is 11.5 Å². The van der Waals surface area contributed by atoms with Gasteiger partial charge in [-0.05, 0) is 31.2 Å². The molecule has 1 amide bonds. The molecule has 9 heteroatoms. The Bertz CT molecular complexity index is 882. The van der Waals surface area contributed by atoms with Crippen LogP contribution in [0.5, 0.6) is 11.5 Å². The summed E-state index contributed by atoms with van der Waals surface area (Å²) in [7, 11) is -1.09. The average molecular weight is 379 g/mol. The Morgan fingerprint density at radius 2 is 1.69 bits per heavy atom. The topological polar surface area (TPSA) is 111 Å². The predicted molar refractivity (Wildman–Crippen MR) is 97.6 cm³/mol. The molecule has 2 aromatic rings. The summed E-state index contributed by atoms with van der Waals surface area (Å²) in [6.45, 7) is 1.37. The minimum absolute atomic E-state index is 0.0581. The first-order valence-electron chi connectivity index (χ1n) is 7.64. The number of hydrogen-bond donors (Lipinski definition) is 2. The van der Waals surface area contributed by atoms with Gasteiger partial charge >= 0.3 is 0 Å². The van der Waals surface area contributed by atoms with Gasteiger partial charge in [-0.3, -0.25) is 14.5 Å². The normalized spacial score (nSPS) is 10.9. The molecule has 0 aromatic heterocycles. The van der Waals surface area contributed by atoms with E-state index in [1.807, 2.05) is 12.3 Å². The Hall–Kier alpha value is -2.78. The maximum Gasteiger partial charge on any atom is 0.264 e. The lowest BCUT2D eigenvalue weighted by Gasteiger charge is -2.24. The number of nitrogens with zero attached hydrogens (tertiary/aromatic N) is 1. The van der Waals surface area contributed by atoms with Crippen molar-refractivity contribution in [2.75, 3.05) is 25.1 Å². The van der Waals surface area contributed by atoms with Crippen molar-refractivity contribution in [2.45, 2.75) is 11.8 Å². The van der Waals surface area contributed by atoms with Crippen molar-refractivity contribution >= 4 is 21.6 Å². The van der Waals surface area contributed by atoms with E-state index in [0.29, 0.717) is 11.5 Å². The van der Waals surface area contributed by atoms with Crippen molar-refractivity contribution in [2.24, 2.45) is 5.84 Å². The number of carbonyl (C=O) groups is 1. The minimum atomic E-state index is -4.00. The van der Waals surface area contributed by atoms with Crippen LogP contribution in [-0.2, 0) is 14.8 Å². The second-order valence-corrected chi connectivity index (χ2v) is 7.29. The number of sulfonamides is 1. The summed E-state index contributed by atoms with van der Waals surface area (Å²) >= 11 is 0. The first kappa shape index (κ1) is 19.5. The van der Waals surface area contributed by atoms with Gasteiger partial charge in [0, 0.05) is 6.07 Å². The summed E-state index contributed by atoms with van der Waals surface area (Å²) in [5, 5.41) is 0. The first-order valence-corrected chi connectivity index (χ1v) is 9.08. The zero-order valence-electron chi connectivity index (χ0n) is 14.7. The molecule has 26 heavy (non-hydrogen) atoms. The molecule has 8 nitrogen and oxygen atoms in total. The molecular formula is C17H21N3O5S. The number of hydrogen-bond acceptors (Lipinski definition) is 6. The summed E-state index contributed by atoms with van der Waals surface area (Å²) in [5.74, 6) is 5.25. The third-order valence-corrected chi connectivity index (χ3v) is 5.50. The standard InChI is InChI=1S/C17H21N3O5S/c1-12-4-7-14(8-5-12)26(22,23)20(11-17(21)19-18)13-6-9-15(24-2)16(10-13)25-3/h4-10H,11,18H2,1-3H3,(H,19,21). The van der Waals surface area contributed by atoms with Gasteiger partial charge < -0.3 is 9.47 Å². The monoisotopic (exact) mass is 379 g/mol. The fraction of sp³-hybridized carbons (Fsp3) is 0.235. The summed E-state index contributed by atoms with van der Waals surface area (Å²) in [6.07, 6.45) is 0. The third kappa shape index (κ3) is 4.06.